The Hall–Kier alpha value is -2.76. The van der Waals surface area contributed by atoms with E-state index in [9.17, 15) is 4.79 Å². The summed E-state index contributed by atoms with van der Waals surface area (Å²) in [5.74, 6) is 0.00755. The highest BCUT2D eigenvalue weighted by atomic mass is 16.2. The minimum atomic E-state index is 0.00755. The Morgan fingerprint density at radius 1 is 1.35 bits per heavy atom. The molecule has 1 saturated heterocycles. The Morgan fingerprint density at radius 3 is 3.09 bits per heavy atom. The number of carbonyl (C=O) groups excluding carboxylic acids is 1. The summed E-state index contributed by atoms with van der Waals surface area (Å²) < 4.78 is 0. The van der Waals surface area contributed by atoms with Gasteiger partial charge in [-0.1, -0.05) is 6.07 Å². The van der Waals surface area contributed by atoms with Crippen LogP contribution in [0.1, 0.15) is 40.6 Å². The Labute approximate surface area is 133 Å². The Balaban J connectivity index is 1.68. The largest absolute Gasteiger partial charge is 0.330 e. The van der Waals surface area contributed by atoms with Crippen molar-refractivity contribution in [3.63, 3.8) is 0 Å². The average molecular weight is 307 g/mol. The number of nitrogens with one attached hydrogen (secondary N) is 1. The van der Waals surface area contributed by atoms with Crippen LogP contribution in [0, 0.1) is 6.92 Å². The van der Waals surface area contributed by atoms with Crippen molar-refractivity contribution in [2.45, 2.75) is 25.8 Å². The zero-order valence-electron chi connectivity index (χ0n) is 12.9. The van der Waals surface area contributed by atoms with Crippen LogP contribution in [-0.4, -0.2) is 37.5 Å². The van der Waals surface area contributed by atoms with Crippen molar-refractivity contribution < 1.29 is 4.79 Å². The standard InChI is InChI=1S/C17H17N5O/c1-11-13-9-12(10-19-16(13)21-20-11)17(23)22-8-4-6-15(22)14-5-2-3-7-18-14/h2-3,5,7,9-10,15H,4,6,8H2,1H3,(H,19,20,21)/t15-/m1/s1. The van der Waals surface area contributed by atoms with E-state index >= 15 is 0 Å². The topological polar surface area (TPSA) is 74.8 Å². The number of H-pyrrole nitrogens is 1. The van der Waals surface area contributed by atoms with Crippen LogP contribution in [0.5, 0.6) is 0 Å². The fourth-order valence-electron chi connectivity index (χ4n) is 3.20. The van der Waals surface area contributed by atoms with Gasteiger partial charge < -0.3 is 4.90 Å². The van der Waals surface area contributed by atoms with Gasteiger partial charge in [0.25, 0.3) is 5.91 Å². The van der Waals surface area contributed by atoms with Crippen molar-refractivity contribution in [2.75, 3.05) is 6.54 Å². The second kappa shape index (κ2) is 5.46. The molecule has 23 heavy (non-hydrogen) atoms. The number of nitrogens with zero attached hydrogens (tertiary/aromatic N) is 4. The minimum Gasteiger partial charge on any atom is -0.330 e. The van der Waals surface area contributed by atoms with Crippen LogP contribution in [0.25, 0.3) is 11.0 Å². The van der Waals surface area contributed by atoms with Gasteiger partial charge in [0, 0.05) is 24.3 Å². The third-order valence-corrected chi connectivity index (χ3v) is 4.40. The molecule has 0 aromatic carbocycles. The summed E-state index contributed by atoms with van der Waals surface area (Å²) in [6.45, 7) is 2.66. The molecule has 1 fully saturated rings. The van der Waals surface area contributed by atoms with E-state index in [1.807, 2.05) is 36.1 Å². The van der Waals surface area contributed by atoms with Crippen LogP contribution in [0.3, 0.4) is 0 Å². The SMILES string of the molecule is Cc1n[nH]c2ncc(C(=O)N3CCC[C@@H]3c3ccccn3)cc12. The fraction of sp³-hybridized carbons (Fsp3) is 0.294. The van der Waals surface area contributed by atoms with E-state index in [2.05, 4.69) is 20.2 Å². The van der Waals surface area contributed by atoms with Crippen molar-refractivity contribution in [3.05, 3.63) is 53.6 Å². The summed E-state index contributed by atoms with van der Waals surface area (Å²) in [4.78, 5) is 23.6. The molecule has 1 amide bonds. The number of aromatic amines is 1. The number of aryl methyl sites for hydroxylation is 1. The number of fused-ring (bicyclic) bond motifs is 1. The van der Waals surface area contributed by atoms with E-state index in [-0.39, 0.29) is 11.9 Å². The van der Waals surface area contributed by atoms with Gasteiger partial charge in [-0.25, -0.2) is 4.98 Å². The quantitative estimate of drug-likeness (QED) is 0.789. The molecule has 0 unspecified atom stereocenters. The van der Waals surface area contributed by atoms with Crippen LogP contribution in [0.2, 0.25) is 0 Å². The first-order valence-corrected chi connectivity index (χ1v) is 7.76. The van der Waals surface area contributed by atoms with E-state index in [1.165, 1.54) is 0 Å². The zero-order valence-corrected chi connectivity index (χ0v) is 12.9. The lowest BCUT2D eigenvalue weighted by Crippen LogP contribution is -2.31. The summed E-state index contributed by atoms with van der Waals surface area (Å²) in [5, 5.41) is 7.89. The van der Waals surface area contributed by atoms with Crippen LogP contribution >= 0.6 is 0 Å². The molecule has 0 aliphatic carbocycles. The molecule has 0 saturated carbocycles. The maximum absolute atomic E-state index is 12.9. The van der Waals surface area contributed by atoms with Gasteiger partial charge in [-0.05, 0) is 38.0 Å². The van der Waals surface area contributed by atoms with E-state index in [1.54, 1.807) is 12.4 Å². The number of aromatic nitrogens is 4. The highest BCUT2D eigenvalue weighted by molar-refractivity contribution is 5.97. The lowest BCUT2D eigenvalue weighted by Gasteiger charge is -2.24. The van der Waals surface area contributed by atoms with Crippen LogP contribution in [-0.2, 0) is 0 Å². The number of pyridine rings is 2. The highest BCUT2D eigenvalue weighted by Crippen LogP contribution is 2.32. The highest BCUT2D eigenvalue weighted by Gasteiger charge is 2.31. The number of carbonyl (C=O) groups is 1. The summed E-state index contributed by atoms with van der Waals surface area (Å²) in [7, 11) is 0. The van der Waals surface area contributed by atoms with Crippen LogP contribution < -0.4 is 0 Å². The van der Waals surface area contributed by atoms with E-state index in [0.717, 1.165) is 36.2 Å². The monoisotopic (exact) mass is 307 g/mol. The lowest BCUT2D eigenvalue weighted by molar-refractivity contribution is 0.0732. The molecule has 1 aliphatic rings. The molecule has 3 aromatic heterocycles. The van der Waals surface area contributed by atoms with Crippen molar-refractivity contribution in [1.82, 2.24) is 25.1 Å². The smallest absolute Gasteiger partial charge is 0.256 e. The summed E-state index contributed by atoms with van der Waals surface area (Å²) >= 11 is 0. The predicted molar refractivity (Wildman–Crippen MR) is 85.9 cm³/mol. The summed E-state index contributed by atoms with van der Waals surface area (Å²) in [6.07, 6.45) is 5.34. The van der Waals surface area contributed by atoms with Gasteiger partial charge in [-0.15, -0.1) is 0 Å². The van der Waals surface area contributed by atoms with Gasteiger partial charge >= 0.3 is 0 Å². The summed E-state index contributed by atoms with van der Waals surface area (Å²) in [5.41, 5.74) is 3.11. The fourth-order valence-corrected chi connectivity index (χ4v) is 3.20. The molecular formula is C17H17N5O. The minimum absolute atomic E-state index is 0.00755. The van der Waals surface area contributed by atoms with Crippen molar-refractivity contribution in [2.24, 2.45) is 0 Å². The van der Waals surface area contributed by atoms with Crippen molar-refractivity contribution in [1.29, 1.82) is 0 Å². The molecule has 116 valence electrons. The maximum Gasteiger partial charge on any atom is 0.256 e. The Bertz CT molecular complexity index is 858. The molecule has 4 heterocycles. The molecule has 0 bridgehead atoms. The van der Waals surface area contributed by atoms with E-state index < -0.39 is 0 Å². The molecule has 1 N–H and O–H groups in total. The number of amides is 1. The van der Waals surface area contributed by atoms with Gasteiger partial charge in [0.05, 0.1) is 23.0 Å². The van der Waals surface area contributed by atoms with Gasteiger partial charge in [0.1, 0.15) is 0 Å². The van der Waals surface area contributed by atoms with Gasteiger partial charge in [0.15, 0.2) is 5.65 Å². The van der Waals surface area contributed by atoms with Gasteiger partial charge in [-0.2, -0.15) is 5.10 Å². The normalized spacial score (nSPS) is 17.8. The van der Waals surface area contributed by atoms with Crippen molar-refractivity contribution >= 4 is 16.9 Å². The number of rotatable bonds is 2. The number of hydrogen-bond acceptors (Lipinski definition) is 4. The predicted octanol–water partition coefficient (Wildman–Crippen LogP) is 2.64. The third-order valence-electron chi connectivity index (χ3n) is 4.40. The summed E-state index contributed by atoms with van der Waals surface area (Å²) in [6, 6.07) is 7.76. The molecule has 3 aromatic rings. The van der Waals surface area contributed by atoms with Crippen molar-refractivity contribution in [3.8, 4) is 0 Å². The number of likely N-dealkylation sites (tertiary alicyclic amines) is 1. The molecule has 1 aliphatic heterocycles. The maximum atomic E-state index is 12.9. The zero-order chi connectivity index (χ0) is 15.8. The van der Waals surface area contributed by atoms with Crippen LogP contribution in [0.4, 0.5) is 0 Å². The molecule has 1 atom stereocenters. The molecule has 6 nitrogen and oxygen atoms in total. The molecule has 4 rings (SSSR count). The Kier molecular flexibility index (Phi) is 3.29. The second-order valence-electron chi connectivity index (χ2n) is 5.84. The first kappa shape index (κ1) is 13.9. The van der Waals surface area contributed by atoms with Crippen LogP contribution in [0.15, 0.2) is 36.7 Å². The van der Waals surface area contributed by atoms with Gasteiger partial charge in [0.2, 0.25) is 0 Å². The Morgan fingerprint density at radius 2 is 2.26 bits per heavy atom. The lowest BCUT2D eigenvalue weighted by atomic mass is 10.1. The van der Waals surface area contributed by atoms with Gasteiger partial charge in [-0.3, -0.25) is 14.9 Å². The molecule has 0 spiro atoms. The first-order chi connectivity index (χ1) is 11.2. The first-order valence-electron chi connectivity index (χ1n) is 7.76. The van der Waals surface area contributed by atoms with E-state index in [4.69, 9.17) is 0 Å². The third kappa shape index (κ3) is 2.36. The van der Waals surface area contributed by atoms with E-state index in [0.29, 0.717) is 11.2 Å². The average Bonchev–Trinajstić information content (AvgIpc) is 3.22. The molecule has 0 radical (unpaired) electrons. The molecule has 6 heteroatoms. The number of hydrogen-bond donors (Lipinski definition) is 1. The molecular weight excluding hydrogens is 290 g/mol. The second-order valence-corrected chi connectivity index (χ2v) is 5.84.